The number of amides is 1. The fourth-order valence-electron chi connectivity index (χ4n) is 1.36. The van der Waals surface area contributed by atoms with Gasteiger partial charge in [0, 0.05) is 11.6 Å². The quantitative estimate of drug-likeness (QED) is 0.798. The maximum absolute atomic E-state index is 13.7. The molecule has 0 saturated heterocycles. The summed E-state index contributed by atoms with van der Waals surface area (Å²) in [6.45, 7) is 0.200. The van der Waals surface area contributed by atoms with Crippen LogP contribution in [0.15, 0.2) is 35.0 Å². The minimum atomic E-state index is -0.586. The first kappa shape index (κ1) is 12.8. The van der Waals surface area contributed by atoms with Gasteiger partial charge in [-0.25, -0.2) is 4.39 Å². The van der Waals surface area contributed by atoms with Crippen LogP contribution in [-0.4, -0.2) is 17.6 Å². The fraction of sp³-hybridized carbons (Fsp3) is 0.0769. The van der Waals surface area contributed by atoms with Crippen molar-refractivity contribution in [2.75, 3.05) is 11.9 Å². The molecule has 6 heteroatoms. The SMILES string of the molecule is NCC#Cc1ccc(NC(=O)c2ccno2)c(F)c1. The number of hydrogen-bond acceptors (Lipinski definition) is 4. The number of benzene rings is 1. The number of anilines is 1. The second-order valence-electron chi connectivity index (χ2n) is 3.53. The van der Waals surface area contributed by atoms with Gasteiger partial charge in [0.2, 0.25) is 5.76 Å². The van der Waals surface area contributed by atoms with E-state index in [1.165, 1.54) is 24.4 Å². The van der Waals surface area contributed by atoms with Crippen LogP contribution >= 0.6 is 0 Å². The van der Waals surface area contributed by atoms with Crippen molar-refractivity contribution in [3.8, 4) is 11.8 Å². The molecule has 0 aliphatic heterocycles. The molecule has 0 atom stereocenters. The van der Waals surface area contributed by atoms with E-state index in [2.05, 4.69) is 26.8 Å². The zero-order valence-corrected chi connectivity index (χ0v) is 9.81. The van der Waals surface area contributed by atoms with Crippen LogP contribution < -0.4 is 11.1 Å². The van der Waals surface area contributed by atoms with Gasteiger partial charge >= 0.3 is 0 Å². The van der Waals surface area contributed by atoms with E-state index in [1.807, 2.05) is 0 Å². The van der Waals surface area contributed by atoms with Gasteiger partial charge in [-0.3, -0.25) is 4.79 Å². The Morgan fingerprint density at radius 2 is 2.32 bits per heavy atom. The smallest absolute Gasteiger partial charge is 0.294 e. The molecule has 0 saturated carbocycles. The van der Waals surface area contributed by atoms with Crippen molar-refractivity contribution in [2.45, 2.75) is 0 Å². The van der Waals surface area contributed by atoms with Gasteiger partial charge in [0.1, 0.15) is 5.82 Å². The maximum atomic E-state index is 13.7. The van der Waals surface area contributed by atoms with Crippen LogP contribution in [-0.2, 0) is 0 Å². The Bertz CT molecular complexity index is 642. The number of nitrogens with two attached hydrogens (primary N) is 1. The number of rotatable bonds is 2. The molecule has 1 aromatic heterocycles. The van der Waals surface area contributed by atoms with Crippen molar-refractivity contribution in [2.24, 2.45) is 5.73 Å². The third-order valence-corrected chi connectivity index (χ3v) is 2.21. The highest BCUT2D eigenvalue weighted by Crippen LogP contribution is 2.16. The van der Waals surface area contributed by atoms with Gasteiger partial charge in [-0.05, 0) is 18.2 Å². The van der Waals surface area contributed by atoms with Gasteiger partial charge in [0.05, 0.1) is 18.4 Å². The van der Waals surface area contributed by atoms with Crippen molar-refractivity contribution in [1.82, 2.24) is 5.16 Å². The molecule has 0 fully saturated rings. The highest BCUT2D eigenvalue weighted by molar-refractivity contribution is 6.02. The van der Waals surface area contributed by atoms with Crippen LogP contribution in [0.5, 0.6) is 0 Å². The lowest BCUT2D eigenvalue weighted by molar-refractivity contribution is 0.0987. The lowest BCUT2D eigenvalue weighted by atomic mass is 10.2. The van der Waals surface area contributed by atoms with E-state index in [-0.39, 0.29) is 18.0 Å². The summed E-state index contributed by atoms with van der Waals surface area (Å²) in [5.74, 6) is 4.16. The summed E-state index contributed by atoms with van der Waals surface area (Å²) in [4.78, 5) is 11.6. The van der Waals surface area contributed by atoms with Gasteiger partial charge in [0.25, 0.3) is 5.91 Å². The van der Waals surface area contributed by atoms with E-state index in [1.54, 1.807) is 6.07 Å². The summed E-state index contributed by atoms with van der Waals surface area (Å²) < 4.78 is 18.4. The van der Waals surface area contributed by atoms with Crippen molar-refractivity contribution in [1.29, 1.82) is 0 Å². The predicted octanol–water partition coefficient (Wildman–Crippen LogP) is 1.38. The molecule has 0 aliphatic rings. The molecule has 1 heterocycles. The lowest BCUT2D eigenvalue weighted by Crippen LogP contribution is -2.12. The number of nitrogens with one attached hydrogen (secondary N) is 1. The van der Waals surface area contributed by atoms with E-state index in [9.17, 15) is 9.18 Å². The first-order valence-electron chi connectivity index (χ1n) is 5.41. The van der Waals surface area contributed by atoms with E-state index in [4.69, 9.17) is 5.73 Å². The molecular formula is C13H10FN3O2. The Morgan fingerprint density at radius 3 is 2.95 bits per heavy atom. The summed E-state index contributed by atoms with van der Waals surface area (Å²) >= 11 is 0. The lowest BCUT2D eigenvalue weighted by Gasteiger charge is -2.04. The predicted molar refractivity (Wildman–Crippen MR) is 66.8 cm³/mol. The topological polar surface area (TPSA) is 81.1 Å². The molecule has 5 nitrogen and oxygen atoms in total. The molecule has 0 spiro atoms. The zero-order chi connectivity index (χ0) is 13.7. The minimum Gasteiger partial charge on any atom is -0.351 e. The molecule has 1 amide bonds. The number of carbonyl (C=O) groups excluding carboxylic acids is 1. The van der Waals surface area contributed by atoms with Crippen LogP contribution in [0.3, 0.4) is 0 Å². The highest BCUT2D eigenvalue weighted by Gasteiger charge is 2.12. The van der Waals surface area contributed by atoms with Crippen molar-refractivity contribution in [3.63, 3.8) is 0 Å². The van der Waals surface area contributed by atoms with Crippen LogP contribution in [0.25, 0.3) is 0 Å². The van der Waals surface area contributed by atoms with Gasteiger partial charge < -0.3 is 15.6 Å². The summed E-state index contributed by atoms with van der Waals surface area (Å²) in [7, 11) is 0. The van der Waals surface area contributed by atoms with Crippen molar-refractivity contribution in [3.05, 3.63) is 47.6 Å². The van der Waals surface area contributed by atoms with Crippen molar-refractivity contribution >= 4 is 11.6 Å². The third-order valence-electron chi connectivity index (χ3n) is 2.21. The van der Waals surface area contributed by atoms with Crippen LogP contribution in [0, 0.1) is 17.7 Å². The second kappa shape index (κ2) is 5.80. The number of aromatic nitrogens is 1. The Morgan fingerprint density at radius 1 is 1.47 bits per heavy atom. The summed E-state index contributed by atoms with van der Waals surface area (Å²) in [6, 6.07) is 5.61. The molecule has 96 valence electrons. The number of nitrogens with zero attached hydrogens (tertiary/aromatic N) is 1. The van der Waals surface area contributed by atoms with Crippen LogP contribution in [0.2, 0.25) is 0 Å². The van der Waals surface area contributed by atoms with E-state index >= 15 is 0 Å². The molecule has 0 unspecified atom stereocenters. The van der Waals surface area contributed by atoms with Gasteiger partial charge in [-0.2, -0.15) is 0 Å². The molecule has 19 heavy (non-hydrogen) atoms. The fourth-order valence-corrected chi connectivity index (χ4v) is 1.36. The van der Waals surface area contributed by atoms with E-state index in [0.717, 1.165) is 0 Å². The van der Waals surface area contributed by atoms with Crippen molar-refractivity contribution < 1.29 is 13.7 Å². The average molecular weight is 259 g/mol. The molecule has 0 radical (unpaired) electrons. The Hall–Kier alpha value is -2.65. The van der Waals surface area contributed by atoms with Crippen LogP contribution in [0.4, 0.5) is 10.1 Å². The molecule has 0 aliphatic carbocycles. The molecule has 2 aromatic rings. The normalized spacial score (nSPS) is 9.58. The first-order chi connectivity index (χ1) is 9.20. The van der Waals surface area contributed by atoms with Gasteiger partial charge in [-0.15, -0.1) is 0 Å². The molecule has 1 aromatic carbocycles. The maximum Gasteiger partial charge on any atom is 0.294 e. The monoisotopic (exact) mass is 259 g/mol. The zero-order valence-electron chi connectivity index (χ0n) is 9.81. The summed E-state index contributed by atoms with van der Waals surface area (Å²) in [5, 5.41) is 5.77. The second-order valence-corrected chi connectivity index (χ2v) is 3.53. The average Bonchev–Trinajstić information content (AvgIpc) is 2.93. The van der Waals surface area contributed by atoms with E-state index < -0.39 is 11.7 Å². The minimum absolute atomic E-state index is 0.00593. The van der Waals surface area contributed by atoms with Gasteiger partial charge in [-0.1, -0.05) is 17.0 Å². The molecule has 3 N–H and O–H groups in total. The molecule has 0 bridgehead atoms. The Labute approximate surface area is 108 Å². The largest absolute Gasteiger partial charge is 0.351 e. The Balaban J connectivity index is 2.15. The molecule has 2 rings (SSSR count). The summed E-state index contributed by atoms with van der Waals surface area (Å²) in [6.07, 6.45) is 1.33. The summed E-state index contributed by atoms with van der Waals surface area (Å²) in [5.41, 5.74) is 5.75. The molecular weight excluding hydrogens is 249 g/mol. The number of halogens is 1. The number of carbonyl (C=O) groups is 1. The van der Waals surface area contributed by atoms with E-state index in [0.29, 0.717) is 5.56 Å². The third kappa shape index (κ3) is 3.18. The van der Waals surface area contributed by atoms with Crippen LogP contribution in [0.1, 0.15) is 16.1 Å². The highest BCUT2D eigenvalue weighted by atomic mass is 19.1. The number of hydrogen-bond donors (Lipinski definition) is 2. The first-order valence-corrected chi connectivity index (χ1v) is 5.41. The van der Waals surface area contributed by atoms with Gasteiger partial charge in [0.15, 0.2) is 0 Å². The standard InChI is InChI=1S/C13H10FN3O2/c14-10-8-9(2-1-6-15)3-4-11(10)17-13(18)12-5-7-16-19-12/h3-5,7-8H,6,15H2,(H,17,18). The Kier molecular flexibility index (Phi) is 3.90.